The van der Waals surface area contributed by atoms with Crippen LogP contribution in [0.1, 0.15) is 0 Å². The standard InChI is InChI=1S/C17H13N3O/c18-13-6-8-16-15(10-13)19-17(21)20(16)14-7-5-11-3-1-2-4-12(11)9-14/h1-10H,18H2,(H,19,21). The van der Waals surface area contributed by atoms with Crippen LogP contribution in [0.2, 0.25) is 0 Å². The number of aromatic nitrogens is 2. The van der Waals surface area contributed by atoms with Crippen LogP contribution in [0.4, 0.5) is 5.69 Å². The summed E-state index contributed by atoms with van der Waals surface area (Å²) < 4.78 is 1.67. The fourth-order valence-electron chi connectivity index (χ4n) is 2.70. The Hall–Kier alpha value is -3.01. The van der Waals surface area contributed by atoms with Crippen molar-refractivity contribution in [3.63, 3.8) is 0 Å². The zero-order valence-electron chi connectivity index (χ0n) is 11.2. The number of anilines is 1. The molecule has 4 aromatic rings. The van der Waals surface area contributed by atoms with Crippen LogP contribution >= 0.6 is 0 Å². The number of nitrogen functional groups attached to an aromatic ring is 1. The summed E-state index contributed by atoms with van der Waals surface area (Å²) in [6, 6.07) is 19.5. The minimum absolute atomic E-state index is 0.161. The van der Waals surface area contributed by atoms with E-state index in [4.69, 9.17) is 5.73 Å². The van der Waals surface area contributed by atoms with Gasteiger partial charge in [-0.3, -0.25) is 4.57 Å². The van der Waals surface area contributed by atoms with Crippen molar-refractivity contribution in [3.05, 3.63) is 71.1 Å². The van der Waals surface area contributed by atoms with E-state index in [0.717, 1.165) is 27.5 Å². The predicted molar refractivity (Wildman–Crippen MR) is 85.8 cm³/mol. The van der Waals surface area contributed by atoms with Gasteiger partial charge in [0.1, 0.15) is 0 Å². The van der Waals surface area contributed by atoms with Gasteiger partial charge in [0.2, 0.25) is 0 Å². The molecule has 3 N–H and O–H groups in total. The average molecular weight is 275 g/mol. The molecule has 4 nitrogen and oxygen atoms in total. The van der Waals surface area contributed by atoms with E-state index in [-0.39, 0.29) is 5.69 Å². The number of H-pyrrole nitrogens is 1. The van der Waals surface area contributed by atoms with Gasteiger partial charge in [-0.25, -0.2) is 4.79 Å². The Bertz CT molecular complexity index is 1030. The Balaban J connectivity index is 2.03. The van der Waals surface area contributed by atoms with Gasteiger partial charge in [0.05, 0.1) is 16.7 Å². The highest BCUT2D eigenvalue weighted by molar-refractivity contribution is 5.86. The molecule has 0 amide bonds. The van der Waals surface area contributed by atoms with Gasteiger partial charge in [0.25, 0.3) is 0 Å². The third-order valence-electron chi connectivity index (χ3n) is 3.70. The van der Waals surface area contributed by atoms with E-state index in [0.29, 0.717) is 5.69 Å². The van der Waals surface area contributed by atoms with Crippen LogP contribution in [0.5, 0.6) is 0 Å². The summed E-state index contributed by atoms with van der Waals surface area (Å²) in [7, 11) is 0. The average Bonchev–Trinajstić information content (AvgIpc) is 2.81. The molecule has 1 heterocycles. The largest absolute Gasteiger partial charge is 0.399 e. The fourth-order valence-corrected chi connectivity index (χ4v) is 2.70. The van der Waals surface area contributed by atoms with Crippen LogP contribution in [0.25, 0.3) is 27.5 Å². The highest BCUT2D eigenvalue weighted by Gasteiger charge is 2.09. The Morgan fingerprint density at radius 2 is 1.71 bits per heavy atom. The second-order valence-electron chi connectivity index (χ2n) is 5.07. The molecule has 102 valence electrons. The third kappa shape index (κ3) is 1.80. The number of benzene rings is 3. The molecular formula is C17H13N3O. The Morgan fingerprint density at radius 1 is 0.905 bits per heavy atom. The number of hydrogen-bond donors (Lipinski definition) is 2. The number of rotatable bonds is 1. The molecule has 4 heteroatoms. The lowest BCUT2D eigenvalue weighted by Crippen LogP contribution is -2.14. The number of imidazole rings is 1. The van der Waals surface area contributed by atoms with Crippen molar-refractivity contribution in [1.82, 2.24) is 9.55 Å². The Labute approximate surface area is 120 Å². The number of hydrogen-bond acceptors (Lipinski definition) is 2. The topological polar surface area (TPSA) is 63.8 Å². The lowest BCUT2D eigenvalue weighted by molar-refractivity contribution is 1.02. The van der Waals surface area contributed by atoms with Crippen LogP contribution in [-0.4, -0.2) is 9.55 Å². The van der Waals surface area contributed by atoms with Crippen molar-refractivity contribution in [2.75, 3.05) is 5.73 Å². The first-order valence-corrected chi connectivity index (χ1v) is 6.72. The smallest absolute Gasteiger partial charge is 0.331 e. The van der Waals surface area contributed by atoms with Crippen LogP contribution in [0.15, 0.2) is 65.5 Å². The van der Waals surface area contributed by atoms with Crippen molar-refractivity contribution < 1.29 is 0 Å². The summed E-state index contributed by atoms with van der Waals surface area (Å²) in [5.41, 5.74) is 8.65. The monoisotopic (exact) mass is 275 g/mol. The van der Waals surface area contributed by atoms with Gasteiger partial charge in [-0.05, 0) is 41.1 Å². The molecule has 0 saturated heterocycles. The predicted octanol–water partition coefficient (Wildman–Crippen LogP) is 3.05. The number of nitrogens with zero attached hydrogens (tertiary/aromatic N) is 1. The van der Waals surface area contributed by atoms with Crippen LogP contribution < -0.4 is 11.4 Å². The molecule has 0 unspecified atom stereocenters. The van der Waals surface area contributed by atoms with Crippen LogP contribution in [0.3, 0.4) is 0 Å². The SMILES string of the molecule is Nc1ccc2c(c1)[nH]c(=O)n2-c1ccc2ccccc2c1. The molecular weight excluding hydrogens is 262 g/mol. The summed E-state index contributed by atoms with van der Waals surface area (Å²) in [5.74, 6) is 0. The summed E-state index contributed by atoms with van der Waals surface area (Å²) in [6.45, 7) is 0. The second kappa shape index (κ2) is 4.24. The van der Waals surface area contributed by atoms with Gasteiger partial charge >= 0.3 is 5.69 Å². The highest BCUT2D eigenvalue weighted by atomic mass is 16.1. The van der Waals surface area contributed by atoms with E-state index in [1.165, 1.54) is 0 Å². The van der Waals surface area contributed by atoms with E-state index >= 15 is 0 Å². The number of nitrogens with one attached hydrogen (secondary N) is 1. The summed E-state index contributed by atoms with van der Waals surface area (Å²) >= 11 is 0. The van der Waals surface area contributed by atoms with Gasteiger partial charge in [-0.1, -0.05) is 30.3 Å². The van der Waals surface area contributed by atoms with E-state index in [1.54, 1.807) is 16.7 Å². The molecule has 0 aliphatic carbocycles. The number of aromatic amines is 1. The number of fused-ring (bicyclic) bond motifs is 2. The Kier molecular flexibility index (Phi) is 2.38. The maximum atomic E-state index is 12.3. The second-order valence-corrected chi connectivity index (χ2v) is 5.07. The third-order valence-corrected chi connectivity index (χ3v) is 3.70. The van der Waals surface area contributed by atoms with E-state index in [1.807, 2.05) is 42.5 Å². The van der Waals surface area contributed by atoms with E-state index in [9.17, 15) is 4.79 Å². The van der Waals surface area contributed by atoms with Crippen LogP contribution in [0, 0.1) is 0 Å². The molecule has 0 aliphatic rings. The van der Waals surface area contributed by atoms with Crippen molar-refractivity contribution in [1.29, 1.82) is 0 Å². The summed E-state index contributed by atoms with van der Waals surface area (Å²) in [6.07, 6.45) is 0. The molecule has 21 heavy (non-hydrogen) atoms. The number of nitrogens with two attached hydrogens (primary N) is 1. The molecule has 1 aromatic heterocycles. The van der Waals surface area contributed by atoms with Gasteiger partial charge in [-0.2, -0.15) is 0 Å². The quantitative estimate of drug-likeness (QED) is 0.524. The molecule has 3 aromatic carbocycles. The summed E-state index contributed by atoms with van der Waals surface area (Å²) in [4.78, 5) is 15.1. The van der Waals surface area contributed by atoms with E-state index in [2.05, 4.69) is 11.1 Å². The molecule has 0 atom stereocenters. The minimum Gasteiger partial charge on any atom is -0.399 e. The molecule has 0 radical (unpaired) electrons. The van der Waals surface area contributed by atoms with E-state index < -0.39 is 0 Å². The molecule has 0 bridgehead atoms. The van der Waals surface area contributed by atoms with Crippen molar-refractivity contribution in [3.8, 4) is 5.69 Å². The molecule has 0 spiro atoms. The zero-order valence-corrected chi connectivity index (χ0v) is 11.2. The van der Waals surface area contributed by atoms with Crippen molar-refractivity contribution in [2.24, 2.45) is 0 Å². The first-order valence-electron chi connectivity index (χ1n) is 6.72. The first kappa shape index (κ1) is 11.8. The minimum atomic E-state index is -0.161. The Morgan fingerprint density at radius 3 is 2.57 bits per heavy atom. The molecule has 0 aliphatic heterocycles. The van der Waals surface area contributed by atoms with Gasteiger partial charge in [0.15, 0.2) is 0 Å². The zero-order chi connectivity index (χ0) is 14.4. The van der Waals surface area contributed by atoms with Crippen molar-refractivity contribution in [2.45, 2.75) is 0 Å². The highest BCUT2D eigenvalue weighted by Crippen LogP contribution is 2.21. The maximum Gasteiger partial charge on any atom is 0.331 e. The maximum absolute atomic E-state index is 12.3. The van der Waals surface area contributed by atoms with Crippen molar-refractivity contribution >= 4 is 27.5 Å². The molecule has 4 rings (SSSR count). The molecule has 0 fully saturated rings. The van der Waals surface area contributed by atoms with Gasteiger partial charge in [0, 0.05) is 5.69 Å². The lowest BCUT2D eigenvalue weighted by atomic mass is 10.1. The van der Waals surface area contributed by atoms with Crippen LogP contribution in [-0.2, 0) is 0 Å². The first-order chi connectivity index (χ1) is 10.2. The fraction of sp³-hybridized carbons (Fsp3) is 0. The van der Waals surface area contributed by atoms with Gasteiger partial charge in [-0.15, -0.1) is 0 Å². The molecule has 0 saturated carbocycles. The lowest BCUT2D eigenvalue weighted by Gasteiger charge is -2.05. The van der Waals surface area contributed by atoms with Gasteiger partial charge < -0.3 is 10.7 Å². The summed E-state index contributed by atoms with van der Waals surface area (Å²) in [5, 5.41) is 2.25. The normalized spacial score (nSPS) is 11.2.